The maximum Gasteiger partial charge on any atom is 0.208 e. The highest BCUT2D eigenvalue weighted by atomic mass is 35.5. The first-order valence-electron chi connectivity index (χ1n) is 8.13. The third kappa shape index (κ3) is 3.25. The predicted molar refractivity (Wildman–Crippen MR) is 99.9 cm³/mol. The minimum absolute atomic E-state index is 0.606. The molecule has 128 valence electrons. The first-order chi connectivity index (χ1) is 12.2. The number of hydrogen-bond acceptors (Lipinski definition) is 6. The summed E-state index contributed by atoms with van der Waals surface area (Å²) in [7, 11) is 0. The van der Waals surface area contributed by atoms with Crippen molar-refractivity contribution in [3.05, 3.63) is 59.2 Å². The maximum atomic E-state index is 11.0. The van der Waals surface area contributed by atoms with Crippen LogP contribution in [0.4, 0.5) is 5.13 Å². The number of nitrogens with zero attached hydrogens (tertiary/aromatic N) is 4. The lowest BCUT2D eigenvalue weighted by molar-refractivity contribution is 0.0118. The normalized spacial score (nSPS) is 16.8. The molecule has 0 amide bonds. The van der Waals surface area contributed by atoms with Crippen LogP contribution in [0.3, 0.4) is 0 Å². The lowest BCUT2D eigenvalue weighted by atomic mass is 9.84. The number of piperidine rings is 1. The lowest BCUT2D eigenvalue weighted by Crippen LogP contribution is -2.42. The van der Waals surface area contributed by atoms with Crippen molar-refractivity contribution in [2.75, 3.05) is 18.0 Å². The molecule has 0 aliphatic carbocycles. The van der Waals surface area contributed by atoms with Crippen molar-refractivity contribution in [1.29, 1.82) is 0 Å². The molecule has 1 aliphatic rings. The molecule has 1 saturated heterocycles. The molecule has 1 aliphatic heterocycles. The molecule has 3 heterocycles. The van der Waals surface area contributed by atoms with Crippen LogP contribution in [-0.4, -0.2) is 33.4 Å². The molecule has 25 heavy (non-hydrogen) atoms. The molecule has 1 aromatic carbocycles. The van der Waals surface area contributed by atoms with Crippen LogP contribution < -0.4 is 4.90 Å². The number of hydrogen-bond donors (Lipinski definition) is 1. The van der Waals surface area contributed by atoms with E-state index in [2.05, 4.69) is 20.1 Å². The summed E-state index contributed by atoms with van der Waals surface area (Å²) < 4.78 is 0. The second kappa shape index (κ2) is 6.71. The zero-order valence-corrected chi connectivity index (χ0v) is 15.0. The highest BCUT2D eigenvalue weighted by Gasteiger charge is 2.36. The van der Waals surface area contributed by atoms with Crippen molar-refractivity contribution in [3.8, 4) is 10.7 Å². The minimum atomic E-state index is -0.886. The Labute approximate surface area is 154 Å². The Morgan fingerprint density at radius 1 is 1.04 bits per heavy atom. The number of aliphatic hydroxyl groups is 1. The van der Waals surface area contributed by atoms with Crippen molar-refractivity contribution in [1.82, 2.24) is 15.2 Å². The summed E-state index contributed by atoms with van der Waals surface area (Å²) in [5.74, 6) is 0. The molecule has 4 rings (SSSR count). The first kappa shape index (κ1) is 16.4. The van der Waals surface area contributed by atoms with Crippen molar-refractivity contribution in [3.63, 3.8) is 0 Å². The van der Waals surface area contributed by atoms with Gasteiger partial charge in [-0.3, -0.25) is 4.98 Å². The Hall–Kier alpha value is -2.02. The Morgan fingerprint density at radius 2 is 1.80 bits per heavy atom. The molecule has 1 N–H and O–H groups in total. The Bertz CT molecular complexity index is 862. The number of pyridine rings is 1. The van der Waals surface area contributed by atoms with Crippen LogP contribution in [0.1, 0.15) is 18.4 Å². The summed E-state index contributed by atoms with van der Waals surface area (Å²) >= 11 is 7.80. The van der Waals surface area contributed by atoms with Crippen LogP contribution >= 0.6 is 22.9 Å². The fourth-order valence-corrected chi connectivity index (χ4v) is 4.30. The van der Waals surface area contributed by atoms with Gasteiger partial charge in [-0.25, -0.2) is 0 Å². The van der Waals surface area contributed by atoms with E-state index in [1.165, 1.54) is 11.3 Å². The van der Waals surface area contributed by atoms with Gasteiger partial charge in [0.2, 0.25) is 5.13 Å². The van der Waals surface area contributed by atoms with Gasteiger partial charge < -0.3 is 10.0 Å². The van der Waals surface area contributed by atoms with Gasteiger partial charge in [0.25, 0.3) is 0 Å². The lowest BCUT2D eigenvalue weighted by Gasteiger charge is -2.38. The molecule has 5 nitrogen and oxygen atoms in total. The zero-order valence-electron chi connectivity index (χ0n) is 13.5. The van der Waals surface area contributed by atoms with E-state index in [1.54, 1.807) is 6.20 Å². The molecule has 1 fully saturated rings. The first-order valence-corrected chi connectivity index (χ1v) is 9.32. The van der Waals surface area contributed by atoms with E-state index < -0.39 is 5.60 Å². The number of rotatable bonds is 3. The molecule has 7 heteroatoms. The van der Waals surface area contributed by atoms with E-state index in [0.717, 1.165) is 21.4 Å². The van der Waals surface area contributed by atoms with Crippen molar-refractivity contribution in [2.24, 2.45) is 0 Å². The fraction of sp³-hybridized carbons (Fsp3) is 0.278. The van der Waals surface area contributed by atoms with Crippen LogP contribution in [0.25, 0.3) is 10.7 Å². The van der Waals surface area contributed by atoms with Gasteiger partial charge in [0, 0.05) is 29.9 Å². The molecule has 0 bridgehead atoms. The quantitative estimate of drug-likeness (QED) is 0.758. The molecule has 0 atom stereocenters. The van der Waals surface area contributed by atoms with Crippen molar-refractivity contribution in [2.45, 2.75) is 18.4 Å². The Kier molecular flexibility index (Phi) is 4.41. The average molecular weight is 373 g/mol. The standard InChI is InChI=1S/C18H17ClN4OS/c19-14-6-2-1-5-13(14)18(24)8-11-23(12-9-18)17-22-21-16(25-17)15-7-3-4-10-20-15/h1-7,10,24H,8-9,11-12H2. The van der Waals surface area contributed by atoms with Crippen LogP contribution in [0, 0.1) is 0 Å². The summed E-state index contributed by atoms with van der Waals surface area (Å²) in [4.78, 5) is 6.48. The Morgan fingerprint density at radius 3 is 2.52 bits per heavy atom. The second-order valence-electron chi connectivity index (χ2n) is 6.10. The Balaban J connectivity index is 1.49. The van der Waals surface area contributed by atoms with Gasteiger partial charge >= 0.3 is 0 Å². The number of benzene rings is 1. The van der Waals surface area contributed by atoms with Crippen LogP contribution in [0.15, 0.2) is 48.7 Å². The van der Waals surface area contributed by atoms with Gasteiger partial charge in [-0.2, -0.15) is 0 Å². The molecule has 0 saturated carbocycles. The summed E-state index contributed by atoms with van der Waals surface area (Å²) in [6.07, 6.45) is 2.96. The number of aromatic nitrogens is 3. The van der Waals surface area contributed by atoms with E-state index in [9.17, 15) is 5.11 Å². The van der Waals surface area contributed by atoms with E-state index in [-0.39, 0.29) is 0 Å². The maximum absolute atomic E-state index is 11.0. The molecule has 3 aromatic rings. The van der Waals surface area contributed by atoms with Gasteiger partial charge in [0.05, 0.1) is 5.60 Å². The summed E-state index contributed by atoms with van der Waals surface area (Å²) in [6, 6.07) is 13.3. The molecule has 0 unspecified atom stereocenters. The van der Waals surface area contributed by atoms with E-state index in [1.807, 2.05) is 42.5 Å². The van der Waals surface area contributed by atoms with Crippen molar-refractivity contribution >= 4 is 28.1 Å². The van der Waals surface area contributed by atoms with Gasteiger partial charge in [-0.1, -0.05) is 47.2 Å². The fourth-order valence-electron chi connectivity index (χ4n) is 3.11. The van der Waals surface area contributed by atoms with Crippen LogP contribution in [0.2, 0.25) is 5.02 Å². The minimum Gasteiger partial charge on any atom is -0.385 e. The van der Waals surface area contributed by atoms with Gasteiger partial charge in [0.15, 0.2) is 5.01 Å². The van der Waals surface area contributed by atoms with Crippen molar-refractivity contribution < 1.29 is 5.11 Å². The monoisotopic (exact) mass is 372 g/mol. The highest BCUT2D eigenvalue weighted by molar-refractivity contribution is 7.18. The summed E-state index contributed by atoms with van der Waals surface area (Å²) in [5, 5.41) is 21.9. The summed E-state index contributed by atoms with van der Waals surface area (Å²) in [5.41, 5.74) is 0.752. The average Bonchev–Trinajstić information content (AvgIpc) is 3.13. The largest absolute Gasteiger partial charge is 0.385 e. The third-order valence-electron chi connectivity index (χ3n) is 4.53. The van der Waals surface area contributed by atoms with Gasteiger partial charge in [-0.15, -0.1) is 10.2 Å². The second-order valence-corrected chi connectivity index (χ2v) is 7.47. The third-order valence-corrected chi connectivity index (χ3v) is 5.87. The number of anilines is 1. The molecular formula is C18H17ClN4OS. The zero-order chi connectivity index (χ0) is 17.3. The molecule has 2 aromatic heterocycles. The molecule has 0 spiro atoms. The van der Waals surface area contributed by atoms with Gasteiger partial charge in [-0.05, 0) is 31.0 Å². The van der Waals surface area contributed by atoms with E-state index in [4.69, 9.17) is 11.6 Å². The SMILES string of the molecule is OC1(c2ccccc2Cl)CCN(c2nnc(-c3ccccn3)s2)CC1. The smallest absolute Gasteiger partial charge is 0.208 e. The predicted octanol–water partition coefficient (Wildman–Crippen LogP) is 3.74. The molecule has 0 radical (unpaired) electrons. The van der Waals surface area contributed by atoms with Crippen LogP contribution in [-0.2, 0) is 5.60 Å². The van der Waals surface area contributed by atoms with Gasteiger partial charge in [0.1, 0.15) is 5.69 Å². The topological polar surface area (TPSA) is 62.1 Å². The summed E-state index contributed by atoms with van der Waals surface area (Å²) in [6.45, 7) is 1.41. The number of halogens is 1. The van der Waals surface area contributed by atoms with Crippen LogP contribution in [0.5, 0.6) is 0 Å². The van der Waals surface area contributed by atoms with E-state index in [0.29, 0.717) is 31.0 Å². The molecular weight excluding hydrogens is 356 g/mol. The highest BCUT2D eigenvalue weighted by Crippen LogP contribution is 2.38. The van der Waals surface area contributed by atoms with E-state index >= 15 is 0 Å².